The quantitative estimate of drug-likeness (QED) is 0.667. The van der Waals surface area contributed by atoms with Gasteiger partial charge in [0.25, 0.3) is 0 Å². The lowest BCUT2D eigenvalue weighted by Crippen LogP contribution is -2.06. The number of hydrogen-bond donors (Lipinski definition) is 0. The Morgan fingerprint density at radius 2 is 1.57 bits per heavy atom. The third kappa shape index (κ3) is 3.19. The molecule has 0 spiro atoms. The predicted octanol–water partition coefficient (Wildman–Crippen LogP) is 5.68. The van der Waals surface area contributed by atoms with Crippen molar-refractivity contribution < 1.29 is 4.79 Å². The van der Waals surface area contributed by atoms with Gasteiger partial charge in [-0.15, -0.1) is 0 Å². The zero-order chi connectivity index (χ0) is 16.4. The Kier molecular flexibility index (Phi) is 4.04. The lowest BCUT2D eigenvalue weighted by atomic mass is 9.87. The molecule has 0 unspecified atom stereocenters. The van der Waals surface area contributed by atoms with Crippen molar-refractivity contribution in [1.82, 2.24) is 0 Å². The molecule has 0 heterocycles. The maximum Gasteiger partial charge on any atom is 0.193 e. The molecule has 0 aromatic heterocycles. The van der Waals surface area contributed by atoms with Crippen molar-refractivity contribution in [3.8, 4) is 0 Å². The first-order chi connectivity index (χ1) is 11.0. The van der Waals surface area contributed by atoms with E-state index in [0.29, 0.717) is 0 Å². The van der Waals surface area contributed by atoms with Crippen LogP contribution in [-0.4, -0.2) is 5.78 Å². The molecule has 0 saturated heterocycles. The van der Waals surface area contributed by atoms with Crippen molar-refractivity contribution in [3.63, 3.8) is 0 Å². The van der Waals surface area contributed by atoms with Crippen LogP contribution in [0.25, 0.3) is 5.57 Å². The van der Waals surface area contributed by atoms with E-state index in [9.17, 15) is 4.79 Å². The summed E-state index contributed by atoms with van der Waals surface area (Å²) in [5.74, 6) is 0.0892. The zero-order valence-electron chi connectivity index (χ0n) is 14.0. The Bertz CT molecular complexity index is 786. The summed E-state index contributed by atoms with van der Waals surface area (Å²) in [6.45, 7) is 6.66. The van der Waals surface area contributed by atoms with Gasteiger partial charge in [-0.1, -0.05) is 87.5 Å². The lowest BCUT2D eigenvalue weighted by Gasteiger charge is -2.18. The van der Waals surface area contributed by atoms with E-state index in [4.69, 9.17) is 0 Å². The Morgan fingerprint density at radius 3 is 2.22 bits per heavy atom. The minimum absolute atomic E-state index is 0.0892. The van der Waals surface area contributed by atoms with Crippen LogP contribution in [0.3, 0.4) is 0 Å². The fourth-order valence-electron chi connectivity index (χ4n) is 2.94. The highest BCUT2D eigenvalue weighted by molar-refractivity contribution is 6.11. The topological polar surface area (TPSA) is 17.1 Å². The van der Waals surface area contributed by atoms with Crippen LogP contribution in [0.4, 0.5) is 0 Å². The average molecular weight is 302 g/mol. The summed E-state index contributed by atoms with van der Waals surface area (Å²) in [5.41, 5.74) is 5.29. The maximum atomic E-state index is 12.9. The molecule has 0 bridgehead atoms. The number of carbonyl (C=O) groups is 1. The summed E-state index contributed by atoms with van der Waals surface area (Å²) in [6, 6.07) is 17.4. The standard InChI is InChI=1S/C22H22O/c1-22(2,3)18-14-13-17(15-18)19-11-7-8-12-20(19)21(23)16-9-5-4-6-10-16/h4-12,14-15H,13H2,1-3H3. The number of ketones is 1. The summed E-state index contributed by atoms with van der Waals surface area (Å²) < 4.78 is 0. The van der Waals surface area contributed by atoms with Gasteiger partial charge in [0.1, 0.15) is 0 Å². The van der Waals surface area contributed by atoms with Crippen molar-refractivity contribution in [1.29, 1.82) is 0 Å². The second kappa shape index (κ2) is 6.00. The second-order valence-corrected chi connectivity index (χ2v) is 7.02. The van der Waals surface area contributed by atoms with E-state index < -0.39 is 0 Å². The molecular formula is C22H22O. The number of hydrogen-bond acceptors (Lipinski definition) is 1. The third-order valence-corrected chi connectivity index (χ3v) is 4.29. The SMILES string of the molecule is CC(C)(C)C1=CCC(c2ccccc2C(=O)c2ccccc2)=C1. The smallest absolute Gasteiger partial charge is 0.193 e. The van der Waals surface area contributed by atoms with E-state index in [2.05, 4.69) is 39.0 Å². The largest absolute Gasteiger partial charge is 0.289 e. The Morgan fingerprint density at radius 1 is 0.913 bits per heavy atom. The van der Waals surface area contributed by atoms with E-state index in [1.807, 2.05) is 48.5 Å². The Labute approximate surface area is 138 Å². The monoisotopic (exact) mass is 302 g/mol. The first-order valence-corrected chi connectivity index (χ1v) is 8.07. The fourth-order valence-corrected chi connectivity index (χ4v) is 2.94. The van der Waals surface area contributed by atoms with Gasteiger partial charge in [-0.25, -0.2) is 0 Å². The molecule has 0 atom stereocenters. The summed E-state index contributed by atoms with van der Waals surface area (Å²) in [5, 5.41) is 0. The third-order valence-electron chi connectivity index (χ3n) is 4.29. The molecule has 0 saturated carbocycles. The van der Waals surface area contributed by atoms with Crippen molar-refractivity contribution >= 4 is 11.4 Å². The van der Waals surface area contributed by atoms with Crippen molar-refractivity contribution in [2.75, 3.05) is 0 Å². The van der Waals surface area contributed by atoms with Gasteiger partial charge in [-0.2, -0.15) is 0 Å². The lowest BCUT2D eigenvalue weighted by molar-refractivity contribution is 0.103. The van der Waals surface area contributed by atoms with Crippen LogP contribution >= 0.6 is 0 Å². The minimum Gasteiger partial charge on any atom is -0.289 e. The van der Waals surface area contributed by atoms with E-state index in [1.54, 1.807) is 0 Å². The molecule has 23 heavy (non-hydrogen) atoms. The second-order valence-electron chi connectivity index (χ2n) is 7.02. The predicted molar refractivity (Wildman–Crippen MR) is 96.4 cm³/mol. The van der Waals surface area contributed by atoms with Crippen LogP contribution in [0.1, 0.15) is 48.7 Å². The average Bonchev–Trinajstić information content (AvgIpc) is 3.05. The number of rotatable bonds is 3. The minimum atomic E-state index is 0.0892. The zero-order valence-corrected chi connectivity index (χ0v) is 14.0. The first kappa shape index (κ1) is 15.5. The summed E-state index contributed by atoms with van der Waals surface area (Å²) >= 11 is 0. The molecule has 3 rings (SSSR count). The van der Waals surface area contributed by atoms with Crippen LogP contribution in [0, 0.1) is 5.41 Å². The molecule has 0 N–H and O–H groups in total. The van der Waals surface area contributed by atoms with E-state index >= 15 is 0 Å². The summed E-state index contributed by atoms with van der Waals surface area (Å²) in [4.78, 5) is 12.9. The van der Waals surface area contributed by atoms with Crippen LogP contribution in [0.5, 0.6) is 0 Å². The highest BCUT2D eigenvalue weighted by Crippen LogP contribution is 2.37. The molecule has 1 heteroatoms. The molecule has 0 aliphatic heterocycles. The normalized spacial score (nSPS) is 14.4. The number of benzene rings is 2. The van der Waals surface area contributed by atoms with Crippen molar-refractivity contribution in [3.05, 3.63) is 89.0 Å². The van der Waals surface area contributed by atoms with Gasteiger partial charge >= 0.3 is 0 Å². The molecule has 2 aromatic carbocycles. The van der Waals surface area contributed by atoms with Gasteiger partial charge < -0.3 is 0 Å². The van der Waals surface area contributed by atoms with Gasteiger partial charge in [0, 0.05) is 11.1 Å². The Hall–Kier alpha value is -2.41. The molecule has 2 aromatic rings. The molecule has 0 radical (unpaired) electrons. The van der Waals surface area contributed by atoms with Crippen molar-refractivity contribution in [2.45, 2.75) is 27.2 Å². The van der Waals surface area contributed by atoms with Crippen molar-refractivity contribution in [2.24, 2.45) is 5.41 Å². The molecule has 1 aliphatic carbocycles. The molecule has 1 aliphatic rings. The molecule has 116 valence electrons. The van der Waals surface area contributed by atoms with Gasteiger partial charge in [-0.3, -0.25) is 4.79 Å². The molecule has 0 fully saturated rings. The van der Waals surface area contributed by atoms with Gasteiger partial charge in [0.2, 0.25) is 0 Å². The molecule has 1 nitrogen and oxygen atoms in total. The van der Waals surface area contributed by atoms with Crippen LogP contribution in [-0.2, 0) is 0 Å². The molecule has 0 amide bonds. The number of carbonyl (C=O) groups excluding carboxylic acids is 1. The van der Waals surface area contributed by atoms with E-state index in [1.165, 1.54) is 11.1 Å². The molecular weight excluding hydrogens is 280 g/mol. The Balaban J connectivity index is 1.99. The van der Waals surface area contributed by atoms with Gasteiger partial charge in [0.05, 0.1) is 0 Å². The van der Waals surface area contributed by atoms with Crippen LogP contribution < -0.4 is 0 Å². The maximum absolute atomic E-state index is 12.9. The van der Waals surface area contributed by atoms with Crippen LogP contribution in [0.2, 0.25) is 0 Å². The first-order valence-electron chi connectivity index (χ1n) is 8.07. The van der Waals surface area contributed by atoms with Crippen LogP contribution in [0.15, 0.2) is 72.3 Å². The highest BCUT2D eigenvalue weighted by Gasteiger charge is 2.22. The fraction of sp³-hybridized carbons (Fsp3) is 0.227. The van der Waals surface area contributed by atoms with Gasteiger partial charge in [0.15, 0.2) is 5.78 Å². The number of allylic oxidation sites excluding steroid dienone is 4. The highest BCUT2D eigenvalue weighted by atomic mass is 16.1. The van der Waals surface area contributed by atoms with E-state index in [-0.39, 0.29) is 11.2 Å². The van der Waals surface area contributed by atoms with Gasteiger partial charge in [-0.05, 0) is 28.5 Å². The summed E-state index contributed by atoms with van der Waals surface area (Å²) in [7, 11) is 0. The van der Waals surface area contributed by atoms with E-state index in [0.717, 1.165) is 23.1 Å². The summed E-state index contributed by atoms with van der Waals surface area (Å²) in [6.07, 6.45) is 5.42.